The van der Waals surface area contributed by atoms with E-state index in [1.807, 2.05) is 0 Å². The van der Waals surface area contributed by atoms with Crippen LogP contribution in [0.5, 0.6) is 6.01 Å². The van der Waals surface area contributed by atoms with E-state index in [0.717, 1.165) is 38.4 Å². The van der Waals surface area contributed by atoms with E-state index in [-0.39, 0.29) is 0 Å². The van der Waals surface area contributed by atoms with Crippen molar-refractivity contribution in [2.24, 2.45) is 0 Å². The Labute approximate surface area is 127 Å². The number of hydrogen-bond acceptors (Lipinski definition) is 6. The van der Waals surface area contributed by atoms with Gasteiger partial charge in [-0.15, -0.1) is 0 Å². The first-order valence-electron chi connectivity index (χ1n) is 8.21. The summed E-state index contributed by atoms with van der Waals surface area (Å²) in [6.07, 6.45) is 6.98. The quantitative estimate of drug-likeness (QED) is 0.834. The highest BCUT2D eigenvalue weighted by atomic mass is 16.5. The number of aromatic nitrogens is 3. The smallest absolute Gasteiger partial charge is 0.323 e. The first-order valence-corrected chi connectivity index (χ1v) is 8.21. The summed E-state index contributed by atoms with van der Waals surface area (Å²) in [4.78, 5) is 15.6. The second kappa shape index (κ2) is 8.64. The van der Waals surface area contributed by atoms with Gasteiger partial charge in [0.05, 0.1) is 6.61 Å². The summed E-state index contributed by atoms with van der Waals surface area (Å²) >= 11 is 0. The zero-order valence-electron chi connectivity index (χ0n) is 13.3. The maximum Gasteiger partial charge on any atom is 0.323 e. The van der Waals surface area contributed by atoms with Crippen LogP contribution in [0.1, 0.15) is 52.4 Å². The third-order valence-corrected chi connectivity index (χ3v) is 3.46. The number of nitrogens with zero attached hydrogens (tertiary/aromatic N) is 4. The predicted molar refractivity (Wildman–Crippen MR) is 85.1 cm³/mol. The standard InChI is InChI=1S/C15H27N5O/c1-3-9-16-13-17-14(19-15(18-13)21-12-4-2)20-10-7-5-6-8-11-20/h3-12H2,1-2H3,(H,16,17,18,19). The second-order valence-electron chi connectivity index (χ2n) is 5.42. The predicted octanol–water partition coefficient (Wildman–Crippen LogP) is 2.86. The van der Waals surface area contributed by atoms with Crippen molar-refractivity contribution in [1.29, 1.82) is 0 Å². The molecule has 0 aromatic carbocycles. The monoisotopic (exact) mass is 293 g/mol. The molecule has 0 saturated carbocycles. The van der Waals surface area contributed by atoms with Gasteiger partial charge in [0.15, 0.2) is 0 Å². The van der Waals surface area contributed by atoms with E-state index in [1.54, 1.807) is 0 Å². The Morgan fingerprint density at radius 2 is 1.76 bits per heavy atom. The van der Waals surface area contributed by atoms with Crippen molar-refractivity contribution in [3.05, 3.63) is 0 Å². The Kier molecular flexibility index (Phi) is 6.50. The molecule has 0 atom stereocenters. The Bertz CT molecular complexity index is 392. The minimum atomic E-state index is 0.435. The highest BCUT2D eigenvalue weighted by Gasteiger charge is 2.15. The average Bonchev–Trinajstić information content (AvgIpc) is 2.80. The molecule has 1 aromatic rings. The summed E-state index contributed by atoms with van der Waals surface area (Å²) in [5, 5.41) is 3.24. The van der Waals surface area contributed by atoms with Gasteiger partial charge in [0.1, 0.15) is 0 Å². The molecule has 1 aliphatic rings. The van der Waals surface area contributed by atoms with Crippen LogP contribution in [0.25, 0.3) is 0 Å². The van der Waals surface area contributed by atoms with Crippen LogP contribution in [-0.4, -0.2) is 41.2 Å². The fraction of sp³-hybridized carbons (Fsp3) is 0.800. The molecule has 0 spiro atoms. The molecule has 2 heterocycles. The summed E-state index contributed by atoms with van der Waals surface area (Å²) in [7, 11) is 0. The van der Waals surface area contributed by atoms with Gasteiger partial charge in [0, 0.05) is 19.6 Å². The van der Waals surface area contributed by atoms with Crippen LogP contribution >= 0.6 is 0 Å². The molecule has 1 saturated heterocycles. The van der Waals surface area contributed by atoms with Crippen LogP contribution in [0.3, 0.4) is 0 Å². The fourth-order valence-corrected chi connectivity index (χ4v) is 2.33. The van der Waals surface area contributed by atoms with Crippen LogP contribution in [0, 0.1) is 0 Å². The SMILES string of the molecule is CCCNc1nc(OCCC)nc(N2CCCCCC2)n1. The number of hydrogen-bond donors (Lipinski definition) is 1. The van der Waals surface area contributed by atoms with Crippen molar-refractivity contribution in [2.75, 3.05) is 36.5 Å². The summed E-state index contributed by atoms with van der Waals surface area (Å²) in [6.45, 7) is 7.73. The maximum absolute atomic E-state index is 5.61. The number of rotatable bonds is 7. The Balaban J connectivity index is 2.16. The third-order valence-electron chi connectivity index (χ3n) is 3.46. The van der Waals surface area contributed by atoms with E-state index >= 15 is 0 Å². The summed E-state index contributed by atoms with van der Waals surface area (Å²) < 4.78 is 5.61. The van der Waals surface area contributed by atoms with Gasteiger partial charge in [0.25, 0.3) is 0 Å². The first-order chi connectivity index (χ1) is 10.3. The molecule has 21 heavy (non-hydrogen) atoms. The molecule has 0 amide bonds. The molecule has 0 aliphatic carbocycles. The van der Waals surface area contributed by atoms with Crippen molar-refractivity contribution in [3.63, 3.8) is 0 Å². The van der Waals surface area contributed by atoms with E-state index in [2.05, 4.69) is 39.0 Å². The minimum Gasteiger partial charge on any atom is -0.463 e. The summed E-state index contributed by atoms with van der Waals surface area (Å²) in [5.41, 5.74) is 0. The Hall–Kier alpha value is -1.59. The molecule has 0 radical (unpaired) electrons. The molecule has 1 N–H and O–H groups in total. The molecular weight excluding hydrogens is 266 g/mol. The fourth-order valence-electron chi connectivity index (χ4n) is 2.33. The average molecular weight is 293 g/mol. The molecule has 0 bridgehead atoms. The third kappa shape index (κ3) is 5.02. The normalized spacial score (nSPS) is 15.6. The maximum atomic E-state index is 5.61. The van der Waals surface area contributed by atoms with Crippen LogP contribution in [0.15, 0.2) is 0 Å². The highest BCUT2D eigenvalue weighted by molar-refractivity contribution is 5.38. The van der Waals surface area contributed by atoms with Crippen molar-refractivity contribution < 1.29 is 4.74 Å². The van der Waals surface area contributed by atoms with E-state index in [1.165, 1.54) is 25.7 Å². The minimum absolute atomic E-state index is 0.435. The Morgan fingerprint density at radius 1 is 1.00 bits per heavy atom. The molecule has 6 heteroatoms. The zero-order valence-corrected chi connectivity index (χ0v) is 13.3. The lowest BCUT2D eigenvalue weighted by Crippen LogP contribution is -2.27. The molecule has 1 aromatic heterocycles. The van der Waals surface area contributed by atoms with Crippen LogP contribution < -0.4 is 15.0 Å². The van der Waals surface area contributed by atoms with Gasteiger partial charge in [-0.25, -0.2) is 0 Å². The van der Waals surface area contributed by atoms with Crippen molar-refractivity contribution in [3.8, 4) is 6.01 Å². The molecular formula is C15H27N5O. The topological polar surface area (TPSA) is 63.2 Å². The number of ether oxygens (including phenoxy) is 1. The molecule has 0 unspecified atom stereocenters. The molecule has 1 fully saturated rings. The van der Waals surface area contributed by atoms with Crippen LogP contribution in [0.4, 0.5) is 11.9 Å². The van der Waals surface area contributed by atoms with Gasteiger partial charge in [-0.1, -0.05) is 26.7 Å². The number of nitrogens with one attached hydrogen (secondary N) is 1. The van der Waals surface area contributed by atoms with Gasteiger partial charge in [-0.05, 0) is 25.7 Å². The summed E-state index contributed by atoms with van der Waals surface area (Å²) in [5.74, 6) is 1.37. The van der Waals surface area contributed by atoms with Gasteiger partial charge in [0.2, 0.25) is 11.9 Å². The van der Waals surface area contributed by atoms with Crippen molar-refractivity contribution in [2.45, 2.75) is 52.4 Å². The second-order valence-corrected chi connectivity index (χ2v) is 5.42. The zero-order chi connectivity index (χ0) is 14.9. The summed E-state index contributed by atoms with van der Waals surface area (Å²) in [6, 6.07) is 0.435. The number of anilines is 2. The Morgan fingerprint density at radius 3 is 2.43 bits per heavy atom. The van der Waals surface area contributed by atoms with Crippen LogP contribution in [-0.2, 0) is 0 Å². The lowest BCUT2D eigenvalue weighted by molar-refractivity contribution is 0.292. The van der Waals surface area contributed by atoms with E-state index in [4.69, 9.17) is 4.74 Å². The molecule has 6 nitrogen and oxygen atoms in total. The van der Waals surface area contributed by atoms with E-state index < -0.39 is 0 Å². The largest absolute Gasteiger partial charge is 0.463 e. The molecule has 1 aliphatic heterocycles. The first kappa shape index (κ1) is 15.8. The van der Waals surface area contributed by atoms with Crippen molar-refractivity contribution in [1.82, 2.24) is 15.0 Å². The van der Waals surface area contributed by atoms with Gasteiger partial charge < -0.3 is 15.0 Å². The van der Waals surface area contributed by atoms with E-state index in [0.29, 0.717) is 18.6 Å². The van der Waals surface area contributed by atoms with Crippen LogP contribution in [0.2, 0.25) is 0 Å². The lowest BCUT2D eigenvalue weighted by atomic mass is 10.2. The van der Waals surface area contributed by atoms with E-state index in [9.17, 15) is 0 Å². The lowest BCUT2D eigenvalue weighted by Gasteiger charge is -2.21. The van der Waals surface area contributed by atoms with Crippen molar-refractivity contribution >= 4 is 11.9 Å². The van der Waals surface area contributed by atoms with Gasteiger partial charge in [-0.2, -0.15) is 15.0 Å². The molecule has 2 rings (SSSR count). The molecule has 118 valence electrons. The van der Waals surface area contributed by atoms with Gasteiger partial charge in [-0.3, -0.25) is 0 Å². The highest BCUT2D eigenvalue weighted by Crippen LogP contribution is 2.19. The van der Waals surface area contributed by atoms with Gasteiger partial charge >= 0.3 is 6.01 Å².